The molecule has 1 aromatic carbocycles. The largest absolute Gasteiger partial charge is 0.198 e. The summed E-state index contributed by atoms with van der Waals surface area (Å²) in [6, 6.07) is 4.31. The van der Waals surface area contributed by atoms with E-state index < -0.39 is 0 Å². The highest BCUT2D eigenvalue weighted by Gasteiger charge is 2.24. The van der Waals surface area contributed by atoms with E-state index in [4.69, 9.17) is 28.5 Å². The SMILES string of the molecule is CC(C)c1c(Cl)c(CC#N)c(Cl)c(C(C)C)c1C#N. The lowest BCUT2D eigenvalue weighted by molar-refractivity contribution is 0.823. The van der Waals surface area contributed by atoms with Crippen molar-refractivity contribution in [2.75, 3.05) is 0 Å². The topological polar surface area (TPSA) is 47.6 Å². The maximum absolute atomic E-state index is 9.43. The van der Waals surface area contributed by atoms with Gasteiger partial charge in [0.25, 0.3) is 0 Å². The van der Waals surface area contributed by atoms with Gasteiger partial charge >= 0.3 is 0 Å². The Bertz CT molecular complexity index is 540. The van der Waals surface area contributed by atoms with Crippen LogP contribution in [0.1, 0.15) is 61.8 Å². The number of hydrogen-bond donors (Lipinski definition) is 0. The van der Waals surface area contributed by atoms with E-state index in [-0.39, 0.29) is 18.3 Å². The fourth-order valence-electron chi connectivity index (χ4n) is 2.23. The number of nitriles is 2. The molecule has 1 rings (SSSR count). The first-order valence-electron chi connectivity index (χ1n) is 6.17. The fourth-order valence-corrected chi connectivity index (χ4v) is 3.22. The molecule has 0 bridgehead atoms. The predicted octanol–water partition coefficient (Wildman–Crippen LogP) is 5.18. The summed E-state index contributed by atoms with van der Waals surface area (Å²) in [5.41, 5.74) is 2.78. The molecular formula is C15H16Cl2N2. The first-order chi connectivity index (χ1) is 8.86. The zero-order valence-electron chi connectivity index (χ0n) is 11.5. The zero-order valence-corrected chi connectivity index (χ0v) is 13.0. The molecule has 0 atom stereocenters. The Morgan fingerprint density at radius 3 is 1.63 bits per heavy atom. The van der Waals surface area contributed by atoms with Crippen molar-refractivity contribution in [1.82, 2.24) is 0 Å². The first kappa shape index (κ1) is 15.8. The first-order valence-corrected chi connectivity index (χ1v) is 6.92. The molecule has 0 radical (unpaired) electrons. The quantitative estimate of drug-likeness (QED) is 0.771. The lowest BCUT2D eigenvalue weighted by Gasteiger charge is -2.21. The van der Waals surface area contributed by atoms with Crippen molar-refractivity contribution in [3.05, 3.63) is 32.3 Å². The third-order valence-electron chi connectivity index (χ3n) is 3.06. The summed E-state index contributed by atoms with van der Waals surface area (Å²) in [6.45, 7) is 7.93. The van der Waals surface area contributed by atoms with Gasteiger partial charge in [-0.2, -0.15) is 10.5 Å². The summed E-state index contributed by atoms with van der Waals surface area (Å²) in [5.74, 6) is 0.212. The summed E-state index contributed by atoms with van der Waals surface area (Å²) in [7, 11) is 0. The van der Waals surface area contributed by atoms with Crippen LogP contribution in [0, 0.1) is 22.7 Å². The van der Waals surface area contributed by atoms with E-state index in [0.29, 0.717) is 21.2 Å². The van der Waals surface area contributed by atoms with Crippen LogP contribution in [0.3, 0.4) is 0 Å². The molecule has 0 amide bonds. The number of hydrogen-bond acceptors (Lipinski definition) is 2. The molecule has 0 aliphatic heterocycles. The van der Waals surface area contributed by atoms with E-state index in [2.05, 4.69) is 12.1 Å². The average molecular weight is 295 g/mol. The monoisotopic (exact) mass is 294 g/mol. The lowest BCUT2D eigenvalue weighted by Crippen LogP contribution is -2.06. The Hall–Kier alpha value is -1.22. The van der Waals surface area contributed by atoms with Crippen LogP contribution in [-0.4, -0.2) is 0 Å². The van der Waals surface area contributed by atoms with Crippen molar-refractivity contribution in [3.63, 3.8) is 0 Å². The molecule has 0 heterocycles. The summed E-state index contributed by atoms with van der Waals surface area (Å²) in [4.78, 5) is 0. The molecule has 0 N–H and O–H groups in total. The Morgan fingerprint density at radius 2 is 1.37 bits per heavy atom. The van der Waals surface area contributed by atoms with E-state index in [1.54, 1.807) is 0 Å². The molecule has 0 saturated heterocycles. The van der Waals surface area contributed by atoms with Crippen LogP contribution in [-0.2, 0) is 6.42 Å². The number of benzene rings is 1. The van der Waals surface area contributed by atoms with Crippen LogP contribution in [0.25, 0.3) is 0 Å². The molecule has 0 fully saturated rings. The molecular weight excluding hydrogens is 279 g/mol. The fraction of sp³-hybridized carbons (Fsp3) is 0.467. The van der Waals surface area contributed by atoms with Crippen LogP contribution >= 0.6 is 23.2 Å². The Morgan fingerprint density at radius 1 is 0.947 bits per heavy atom. The minimum Gasteiger partial charge on any atom is -0.198 e. The van der Waals surface area contributed by atoms with Gasteiger partial charge in [0, 0.05) is 5.56 Å². The van der Waals surface area contributed by atoms with Gasteiger partial charge in [-0.1, -0.05) is 50.9 Å². The second-order valence-electron chi connectivity index (χ2n) is 5.06. The standard InChI is InChI=1S/C15H16Cl2N2/c1-8(2)12-11(7-19)13(9(3)4)15(17)10(5-6-18)14(12)16/h8-9H,5H2,1-4H3. The molecule has 0 aliphatic rings. The summed E-state index contributed by atoms with van der Waals surface area (Å²) in [6.07, 6.45) is 0.156. The van der Waals surface area contributed by atoms with Gasteiger partial charge in [0.05, 0.1) is 34.2 Å². The van der Waals surface area contributed by atoms with E-state index in [0.717, 1.165) is 11.1 Å². The maximum Gasteiger partial charge on any atom is 0.0998 e. The van der Waals surface area contributed by atoms with Gasteiger partial charge in [0.15, 0.2) is 0 Å². The van der Waals surface area contributed by atoms with Crippen LogP contribution in [0.5, 0.6) is 0 Å². The van der Waals surface area contributed by atoms with Gasteiger partial charge in [-0.05, 0) is 23.0 Å². The Kier molecular flexibility index (Phi) is 5.24. The van der Waals surface area contributed by atoms with Crippen LogP contribution < -0.4 is 0 Å². The molecule has 0 unspecified atom stereocenters. The number of rotatable bonds is 3. The average Bonchev–Trinajstić information content (AvgIpc) is 2.32. The molecule has 0 spiro atoms. The minimum atomic E-state index is 0.106. The molecule has 4 heteroatoms. The second-order valence-corrected chi connectivity index (χ2v) is 5.82. The van der Waals surface area contributed by atoms with Crippen LogP contribution in [0.15, 0.2) is 0 Å². The van der Waals surface area contributed by atoms with Crippen LogP contribution in [0.2, 0.25) is 10.0 Å². The maximum atomic E-state index is 9.43. The second kappa shape index (κ2) is 6.29. The van der Waals surface area contributed by atoms with Gasteiger partial charge in [-0.15, -0.1) is 0 Å². The lowest BCUT2D eigenvalue weighted by atomic mass is 9.86. The van der Waals surface area contributed by atoms with E-state index >= 15 is 0 Å². The number of halogens is 2. The van der Waals surface area contributed by atoms with Crippen LogP contribution in [0.4, 0.5) is 0 Å². The van der Waals surface area contributed by atoms with Gasteiger partial charge < -0.3 is 0 Å². The van der Waals surface area contributed by atoms with Gasteiger partial charge in [-0.25, -0.2) is 0 Å². The van der Waals surface area contributed by atoms with Gasteiger partial charge in [0.1, 0.15) is 0 Å². The molecule has 100 valence electrons. The third-order valence-corrected chi connectivity index (χ3v) is 3.93. The highest BCUT2D eigenvalue weighted by Crippen LogP contribution is 2.41. The van der Waals surface area contributed by atoms with Crippen molar-refractivity contribution >= 4 is 23.2 Å². The minimum absolute atomic E-state index is 0.106. The van der Waals surface area contributed by atoms with Crippen molar-refractivity contribution in [2.45, 2.75) is 46.0 Å². The van der Waals surface area contributed by atoms with Crippen molar-refractivity contribution < 1.29 is 0 Å². The Balaban J connectivity index is 3.85. The molecule has 0 aromatic heterocycles. The summed E-state index contributed by atoms with van der Waals surface area (Å²) >= 11 is 12.7. The van der Waals surface area contributed by atoms with E-state index in [9.17, 15) is 5.26 Å². The Labute approximate surface area is 124 Å². The summed E-state index contributed by atoms with van der Waals surface area (Å²) < 4.78 is 0. The normalized spacial score (nSPS) is 10.6. The smallest absolute Gasteiger partial charge is 0.0998 e. The van der Waals surface area contributed by atoms with Crippen molar-refractivity contribution in [3.8, 4) is 12.1 Å². The van der Waals surface area contributed by atoms with Gasteiger partial charge in [0.2, 0.25) is 0 Å². The van der Waals surface area contributed by atoms with Crippen molar-refractivity contribution in [1.29, 1.82) is 10.5 Å². The van der Waals surface area contributed by atoms with E-state index in [1.165, 1.54) is 0 Å². The highest BCUT2D eigenvalue weighted by atomic mass is 35.5. The highest BCUT2D eigenvalue weighted by molar-refractivity contribution is 6.37. The predicted molar refractivity (Wildman–Crippen MR) is 78.7 cm³/mol. The molecule has 2 nitrogen and oxygen atoms in total. The molecule has 0 aliphatic carbocycles. The molecule has 19 heavy (non-hydrogen) atoms. The molecule has 1 aromatic rings. The van der Waals surface area contributed by atoms with E-state index in [1.807, 2.05) is 27.7 Å². The van der Waals surface area contributed by atoms with Gasteiger partial charge in [-0.3, -0.25) is 0 Å². The number of nitrogens with zero attached hydrogens (tertiary/aromatic N) is 2. The molecule has 0 saturated carbocycles. The zero-order chi connectivity index (χ0) is 14.7. The summed E-state index contributed by atoms with van der Waals surface area (Å²) in [5, 5.41) is 19.3. The third kappa shape index (κ3) is 2.86. The van der Waals surface area contributed by atoms with Crippen molar-refractivity contribution in [2.24, 2.45) is 0 Å².